The number of nitrogens with zero attached hydrogens (tertiary/aromatic N) is 3. The highest BCUT2D eigenvalue weighted by Gasteiger charge is 2.40. The molecule has 0 amide bonds. The monoisotopic (exact) mass is 420 g/mol. The molecule has 0 unspecified atom stereocenters. The van der Waals surface area contributed by atoms with E-state index in [1.54, 1.807) is 0 Å². The van der Waals surface area contributed by atoms with Crippen LogP contribution in [0, 0.1) is 13.8 Å². The summed E-state index contributed by atoms with van der Waals surface area (Å²) < 4.78 is 2.37. The van der Waals surface area contributed by atoms with Crippen LogP contribution in [0.15, 0.2) is 60.8 Å². The van der Waals surface area contributed by atoms with E-state index in [0.717, 1.165) is 17.4 Å². The second-order valence-corrected chi connectivity index (χ2v) is 8.18. The van der Waals surface area contributed by atoms with E-state index < -0.39 is 0 Å². The lowest BCUT2D eigenvalue weighted by molar-refractivity contribution is 0.247. The first kappa shape index (κ1) is 20.6. The quantitative estimate of drug-likeness (QED) is 0.568. The van der Waals surface area contributed by atoms with Gasteiger partial charge in [0, 0.05) is 37.3 Å². The minimum absolute atomic E-state index is 0.0249. The van der Waals surface area contributed by atoms with E-state index in [9.17, 15) is 5.11 Å². The number of pyridine rings is 1. The number of hydrogen-bond acceptors (Lipinski definition) is 3. The summed E-state index contributed by atoms with van der Waals surface area (Å²) in [5.41, 5.74) is 5.98. The first-order valence-electron chi connectivity index (χ1n) is 10.4. The van der Waals surface area contributed by atoms with Crippen molar-refractivity contribution in [1.29, 1.82) is 0 Å². The topological polar surface area (TPSA) is 53.3 Å². The average Bonchev–Trinajstić information content (AvgIpc) is 3.24. The summed E-state index contributed by atoms with van der Waals surface area (Å²) in [6.45, 7) is 6.04. The van der Waals surface area contributed by atoms with E-state index in [-0.39, 0.29) is 18.7 Å². The minimum atomic E-state index is -0.0249. The molecule has 4 rings (SSSR count). The van der Waals surface area contributed by atoms with Crippen molar-refractivity contribution in [3.8, 4) is 0 Å². The second kappa shape index (κ2) is 8.98. The third-order valence-electron chi connectivity index (χ3n) is 5.87. The number of nitrogens with one attached hydrogen (secondary N) is 1. The van der Waals surface area contributed by atoms with Crippen molar-refractivity contribution < 1.29 is 5.11 Å². The van der Waals surface area contributed by atoms with Crippen molar-refractivity contribution in [3.63, 3.8) is 0 Å². The number of hydrogen-bond donors (Lipinski definition) is 2. The van der Waals surface area contributed by atoms with Gasteiger partial charge in [0.1, 0.15) is 0 Å². The lowest BCUT2D eigenvalue weighted by atomic mass is 9.96. The first-order chi connectivity index (χ1) is 14.6. The summed E-state index contributed by atoms with van der Waals surface area (Å²) in [6, 6.07) is 18.8. The SMILES string of the molecule is Cc1cc([C@@H]2[C@@H](c3ccccn3)NC(=S)N2CCCO)c(C)n1Cc1ccccc1. The molecule has 1 aliphatic heterocycles. The summed E-state index contributed by atoms with van der Waals surface area (Å²) in [5, 5.41) is 13.6. The summed E-state index contributed by atoms with van der Waals surface area (Å²) in [7, 11) is 0. The fourth-order valence-electron chi connectivity index (χ4n) is 4.36. The number of thiocarbonyl (C=S) groups is 1. The Bertz CT molecular complexity index is 1000. The Morgan fingerprint density at radius 3 is 2.57 bits per heavy atom. The van der Waals surface area contributed by atoms with Crippen LogP contribution in [0.1, 0.15) is 46.7 Å². The van der Waals surface area contributed by atoms with E-state index in [2.05, 4.69) is 63.9 Å². The normalized spacial score (nSPS) is 18.6. The average molecular weight is 421 g/mol. The molecular weight excluding hydrogens is 392 g/mol. The Morgan fingerprint density at radius 1 is 1.10 bits per heavy atom. The highest BCUT2D eigenvalue weighted by Crippen LogP contribution is 2.40. The van der Waals surface area contributed by atoms with Crippen molar-refractivity contribution in [1.82, 2.24) is 19.8 Å². The van der Waals surface area contributed by atoms with Gasteiger partial charge in [-0.25, -0.2) is 0 Å². The molecular formula is C24H28N4OS. The van der Waals surface area contributed by atoms with Gasteiger partial charge in [-0.05, 0) is 61.8 Å². The Kier molecular flexibility index (Phi) is 6.16. The number of rotatable bonds is 7. The molecule has 1 saturated heterocycles. The van der Waals surface area contributed by atoms with Gasteiger partial charge in [-0.1, -0.05) is 36.4 Å². The van der Waals surface area contributed by atoms with Crippen LogP contribution in [0.25, 0.3) is 0 Å². The number of aliphatic hydroxyl groups excluding tert-OH is 1. The zero-order chi connectivity index (χ0) is 21.1. The number of aliphatic hydroxyl groups is 1. The lowest BCUT2D eigenvalue weighted by Crippen LogP contribution is -2.31. The van der Waals surface area contributed by atoms with Crippen molar-refractivity contribution in [2.45, 2.75) is 38.9 Å². The van der Waals surface area contributed by atoms with Crippen LogP contribution in [0.2, 0.25) is 0 Å². The fourth-order valence-corrected chi connectivity index (χ4v) is 4.69. The molecule has 5 nitrogen and oxygen atoms in total. The van der Waals surface area contributed by atoms with Crippen molar-refractivity contribution in [3.05, 3.63) is 89.0 Å². The standard InChI is InChI=1S/C24H28N4OS/c1-17-15-20(18(2)28(17)16-19-9-4-3-5-10-19)23-22(21-11-6-7-12-25-21)26-24(30)27(23)13-8-14-29/h3-7,9-12,15,22-23,29H,8,13-14,16H2,1-2H3,(H,26,30)/t22-,23-/m1/s1. The Hall–Kier alpha value is -2.70. The molecule has 0 radical (unpaired) electrons. The molecule has 6 heteroatoms. The van der Waals surface area contributed by atoms with Crippen LogP contribution in [0.4, 0.5) is 0 Å². The summed E-state index contributed by atoms with van der Waals surface area (Å²) >= 11 is 5.69. The largest absolute Gasteiger partial charge is 0.396 e. The first-order valence-corrected chi connectivity index (χ1v) is 10.8. The molecule has 1 aromatic carbocycles. The maximum atomic E-state index is 9.41. The summed E-state index contributed by atoms with van der Waals surface area (Å²) in [4.78, 5) is 6.82. The lowest BCUT2D eigenvalue weighted by Gasteiger charge is -2.28. The minimum Gasteiger partial charge on any atom is -0.396 e. The van der Waals surface area contributed by atoms with Gasteiger partial charge in [-0.15, -0.1) is 0 Å². The zero-order valence-electron chi connectivity index (χ0n) is 17.5. The van der Waals surface area contributed by atoms with E-state index in [4.69, 9.17) is 12.2 Å². The highest BCUT2D eigenvalue weighted by molar-refractivity contribution is 7.80. The maximum absolute atomic E-state index is 9.41. The molecule has 0 bridgehead atoms. The summed E-state index contributed by atoms with van der Waals surface area (Å²) in [5.74, 6) is 0. The molecule has 1 aliphatic rings. The molecule has 2 atom stereocenters. The number of aryl methyl sites for hydroxylation is 1. The van der Waals surface area contributed by atoms with E-state index in [1.165, 1.54) is 22.5 Å². The molecule has 3 aromatic rings. The maximum Gasteiger partial charge on any atom is 0.170 e. The highest BCUT2D eigenvalue weighted by atomic mass is 32.1. The van der Waals surface area contributed by atoms with Crippen molar-refractivity contribution >= 4 is 17.3 Å². The van der Waals surface area contributed by atoms with Gasteiger partial charge in [0.2, 0.25) is 0 Å². The Balaban J connectivity index is 1.74. The van der Waals surface area contributed by atoms with Crippen LogP contribution in [0.3, 0.4) is 0 Å². The predicted octanol–water partition coefficient (Wildman–Crippen LogP) is 3.90. The number of benzene rings is 1. The third-order valence-corrected chi connectivity index (χ3v) is 6.22. The van der Waals surface area contributed by atoms with Gasteiger partial charge < -0.3 is 19.9 Å². The Morgan fingerprint density at radius 2 is 1.87 bits per heavy atom. The van der Waals surface area contributed by atoms with Crippen LogP contribution in [0.5, 0.6) is 0 Å². The van der Waals surface area contributed by atoms with Gasteiger partial charge >= 0.3 is 0 Å². The molecule has 0 saturated carbocycles. The van der Waals surface area contributed by atoms with Gasteiger partial charge in [0.15, 0.2) is 5.11 Å². The molecule has 2 aromatic heterocycles. The van der Waals surface area contributed by atoms with Crippen molar-refractivity contribution in [2.75, 3.05) is 13.2 Å². The molecule has 1 fully saturated rings. The molecule has 30 heavy (non-hydrogen) atoms. The van der Waals surface area contributed by atoms with Gasteiger partial charge in [0.25, 0.3) is 0 Å². The van der Waals surface area contributed by atoms with Gasteiger partial charge in [-0.2, -0.15) is 0 Å². The van der Waals surface area contributed by atoms with Gasteiger partial charge in [-0.3, -0.25) is 4.98 Å². The van der Waals surface area contributed by atoms with Gasteiger partial charge in [0.05, 0.1) is 17.8 Å². The molecule has 2 N–H and O–H groups in total. The molecule has 0 spiro atoms. The van der Waals surface area contributed by atoms with Crippen LogP contribution < -0.4 is 5.32 Å². The number of aromatic nitrogens is 2. The smallest absolute Gasteiger partial charge is 0.170 e. The van der Waals surface area contributed by atoms with E-state index in [0.29, 0.717) is 13.0 Å². The molecule has 0 aliphatic carbocycles. The van der Waals surface area contributed by atoms with E-state index in [1.807, 2.05) is 30.5 Å². The van der Waals surface area contributed by atoms with Crippen LogP contribution >= 0.6 is 12.2 Å². The van der Waals surface area contributed by atoms with Crippen molar-refractivity contribution in [2.24, 2.45) is 0 Å². The third kappa shape index (κ3) is 3.98. The zero-order valence-corrected chi connectivity index (χ0v) is 18.3. The van der Waals surface area contributed by atoms with Crippen LogP contribution in [-0.4, -0.2) is 37.8 Å². The Labute approximate surface area is 183 Å². The predicted molar refractivity (Wildman–Crippen MR) is 123 cm³/mol. The fraction of sp³-hybridized carbons (Fsp3) is 0.333. The molecule has 3 heterocycles. The summed E-state index contributed by atoms with van der Waals surface area (Å²) in [6.07, 6.45) is 2.50. The van der Waals surface area contributed by atoms with E-state index >= 15 is 0 Å². The second-order valence-electron chi connectivity index (χ2n) is 7.80. The molecule has 156 valence electrons. The van der Waals surface area contributed by atoms with Crippen LogP contribution in [-0.2, 0) is 6.54 Å².